The highest BCUT2D eigenvalue weighted by molar-refractivity contribution is 7.08. The summed E-state index contributed by atoms with van der Waals surface area (Å²) in [4.78, 5) is 4.36. The molecule has 0 unspecified atom stereocenters. The number of nitrogens with zero attached hydrogens (tertiary/aromatic N) is 2. The van der Waals surface area contributed by atoms with Crippen molar-refractivity contribution in [1.82, 2.24) is 4.98 Å². The number of rotatable bonds is 4. The second-order valence-corrected chi connectivity index (χ2v) is 5.79. The predicted molar refractivity (Wildman–Crippen MR) is 95.2 cm³/mol. The molecule has 3 rings (SSSR count). The van der Waals surface area contributed by atoms with E-state index < -0.39 is 0 Å². The van der Waals surface area contributed by atoms with Crippen LogP contribution in [0.1, 0.15) is 5.56 Å². The van der Waals surface area contributed by atoms with Gasteiger partial charge in [-0.3, -0.25) is 0 Å². The maximum absolute atomic E-state index is 9.53. The monoisotopic (exact) mass is 337 g/mol. The summed E-state index contributed by atoms with van der Waals surface area (Å²) in [5, 5.41) is 13.5. The van der Waals surface area contributed by atoms with Crippen molar-refractivity contribution in [2.75, 3.05) is 20.0 Å². The summed E-state index contributed by atoms with van der Waals surface area (Å²) in [5.74, 6) is 1.50. The van der Waals surface area contributed by atoms with Gasteiger partial charge in [-0.2, -0.15) is 16.6 Å². The molecule has 5 nitrogen and oxygen atoms in total. The molecule has 0 spiro atoms. The number of methoxy groups -OCH3 is 2. The van der Waals surface area contributed by atoms with Crippen LogP contribution in [0.4, 0.5) is 5.82 Å². The SMILES string of the molecule is COc1ccc(OC)c(-c2cc(-c3ccsc3)nc(N)c2C#N)c1. The first kappa shape index (κ1) is 15.8. The van der Waals surface area contributed by atoms with Crippen LogP contribution >= 0.6 is 11.3 Å². The smallest absolute Gasteiger partial charge is 0.142 e. The fourth-order valence-corrected chi connectivity index (χ4v) is 3.13. The highest BCUT2D eigenvalue weighted by Gasteiger charge is 2.17. The standard InChI is InChI=1S/C18H15N3O2S/c1-22-12-3-4-17(23-2)14(7-12)13-8-16(11-5-6-24-10-11)21-18(20)15(13)9-19/h3-8,10H,1-2H3,(H2,20,21). The van der Waals surface area contributed by atoms with Crippen molar-refractivity contribution in [2.45, 2.75) is 0 Å². The van der Waals surface area contributed by atoms with Gasteiger partial charge in [-0.1, -0.05) is 0 Å². The molecule has 0 bridgehead atoms. The van der Waals surface area contributed by atoms with Crippen molar-refractivity contribution in [3.05, 3.63) is 46.7 Å². The van der Waals surface area contributed by atoms with Crippen LogP contribution in [-0.2, 0) is 0 Å². The summed E-state index contributed by atoms with van der Waals surface area (Å²) >= 11 is 1.58. The topological polar surface area (TPSA) is 81.2 Å². The number of nitrogen functional groups attached to an aromatic ring is 1. The molecule has 3 aromatic rings. The molecule has 0 amide bonds. The van der Waals surface area contributed by atoms with Crippen LogP contribution in [0.5, 0.6) is 11.5 Å². The van der Waals surface area contributed by atoms with E-state index in [1.54, 1.807) is 37.7 Å². The quantitative estimate of drug-likeness (QED) is 0.779. The van der Waals surface area contributed by atoms with E-state index in [1.807, 2.05) is 29.0 Å². The molecular formula is C18H15N3O2S. The van der Waals surface area contributed by atoms with Crippen molar-refractivity contribution in [3.8, 4) is 40.0 Å². The second kappa shape index (κ2) is 6.60. The van der Waals surface area contributed by atoms with Gasteiger partial charge in [-0.05, 0) is 35.7 Å². The number of pyridine rings is 1. The Hall–Kier alpha value is -3.04. The van der Waals surface area contributed by atoms with E-state index in [0.29, 0.717) is 28.3 Å². The zero-order valence-electron chi connectivity index (χ0n) is 13.2. The average molecular weight is 337 g/mol. The van der Waals surface area contributed by atoms with Gasteiger partial charge in [0.15, 0.2) is 0 Å². The predicted octanol–water partition coefficient (Wildman–Crippen LogP) is 3.95. The lowest BCUT2D eigenvalue weighted by Gasteiger charge is -2.14. The van der Waals surface area contributed by atoms with Crippen molar-refractivity contribution >= 4 is 17.2 Å². The fourth-order valence-electron chi connectivity index (χ4n) is 2.48. The molecule has 6 heteroatoms. The van der Waals surface area contributed by atoms with E-state index in [0.717, 1.165) is 11.1 Å². The molecule has 0 fully saturated rings. The molecule has 0 aliphatic rings. The first-order valence-electron chi connectivity index (χ1n) is 7.13. The molecule has 120 valence electrons. The number of aromatic nitrogens is 1. The lowest BCUT2D eigenvalue weighted by atomic mass is 9.98. The maximum atomic E-state index is 9.53. The number of hydrogen-bond acceptors (Lipinski definition) is 6. The van der Waals surface area contributed by atoms with Gasteiger partial charge in [-0.15, -0.1) is 0 Å². The maximum Gasteiger partial charge on any atom is 0.142 e. The van der Waals surface area contributed by atoms with Gasteiger partial charge in [-0.25, -0.2) is 4.98 Å². The van der Waals surface area contributed by atoms with Gasteiger partial charge < -0.3 is 15.2 Å². The normalized spacial score (nSPS) is 10.2. The number of benzene rings is 1. The Kier molecular flexibility index (Phi) is 4.36. The second-order valence-electron chi connectivity index (χ2n) is 5.01. The van der Waals surface area contributed by atoms with Gasteiger partial charge in [0.2, 0.25) is 0 Å². The summed E-state index contributed by atoms with van der Waals surface area (Å²) in [7, 11) is 3.18. The number of anilines is 1. The summed E-state index contributed by atoms with van der Waals surface area (Å²) in [6.07, 6.45) is 0. The van der Waals surface area contributed by atoms with Crippen molar-refractivity contribution in [1.29, 1.82) is 5.26 Å². The fraction of sp³-hybridized carbons (Fsp3) is 0.111. The number of thiophene rings is 1. The van der Waals surface area contributed by atoms with E-state index in [2.05, 4.69) is 11.1 Å². The Morgan fingerprint density at radius 1 is 1.12 bits per heavy atom. The van der Waals surface area contributed by atoms with Crippen molar-refractivity contribution in [2.24, 2.45) is 0 Å². The largest absolute Gasteiger partial charge is 0.497 e. The van der Waals surface area contributed by atoms with Crippen molar-refractivity contribution < 1.29 is 9.47 Å². The minimum absolute atomic E-state index is 0.195. The number of nitriles is 1. The lowest BCUT2D eigenvalue weighted by molar-refractivity contribution is 0.404. The number of nitrogens with two attached hydrogens (primary N) is 1. The van der Waals surface area contributed by atoms with Crippen LogP contribution < -0.4 is 15.2 Å². The first-order chi connectivity index (χ1) is 11.7. The molecule has 2 N–H and O–H groups in total. The van der Waals surface area contributed by atoms with Crippen LogP contribution in [0, 0.1) is 11.3 Å². The third-order valence-corrected chi connectivity index (χ3v) is 4.36. The molecule has 0 atom stereocenters. The van der Waals surface area contributed by atoms with Gasteiger partial charge in [0, 0.05) is 22.1 Å². The first-order valence-corrected chi connectivity index (χ1v) is 8.07. The lowest BCUT2D eigenvalue weighted by Crippen LogP contribution is -2.00. The molecule has 2 heterocycles. The Bertz CT molecular complexity index is 915. The summed E-state index contributed by atoms with van der Waals surface area (Å²) < 4.78 is 10.7. The van der Waals surface area contributed by atoms with E-state index in [-0.39, 0.29) is 5.82 Å². The number of ether oxygens (including phenoxy) is 2. The zero-order valence-corrected chi connectivity index (χ0v) is 14.1. The summed E-state index contributed by atoms with van der Waals surface area (Å²) in [6, 6.07) is 11.4. The molecule has 0 aliphatic carbocycles. The van der Waals surface area contributed by atoms with Gasteiger partial charge in [0.25, 0.3) is 0 Å². The van der Waals surface area contributed by atoms with E-state index in [4.69, 9.17) is 15.2 Å². The van der Waals surface area contributed by atoms with Crippen LogP contribution in [0.25, 0.3) is 22.4 Å². The third-order valence-electron chi connectivity index (χ3n) is 3.67. The van der Waals surface area contributed by atoms with Crippen molar-refractivity contribution in [3.63, 3.8) is 0 Å². The van der Waals surface area contributed by atoms with E-state index >= 15 is 0 Å². The molecular weight excluding hydrogens is 322 g/mol. The van der Waals surface area contributed by atoms with Crippen LogP contribution in [-0.4, -0.2) is 19.2 Å². The van der Waals surface area contributed by atoms with Gasteiger partial charge in [0.05, 0.1) is 19.9 Å². The van der Waals surface area contributed by atoms with E-state index in [1.165, 1.54) is 0 Å². The molecule has 0 radical (unpaired) electrons. The Labute approximate surface area is 143 Å². The average Bonchev–Trinajstić information content (AvgIpc) is 3.15. The van der Waals surface area contributed by atoms with Gasteiger partial charge >= 0.3 is 0 Å². The van der Waals surface area contributed by atoms with Crippen LogP contribution in [0.2, 0.25) is 0 Å². The molecule has 2 aromatic heterocycles. The highest BCUT2D eigenvalue weighted by atomic mass is 32.1. The van der Waals surface area contributed by atoms with E-state index in [9.17, 15) is 5.26 Å². The summed E-state index contributed by atoms with van der Waals surface area (Å²) in [5.41, 5.74) is 9.43. The molecule has 24 heavy (non-hydrogen) atoms. The Morgan fingerprint density at radius 3 is 2.58 bits per heavy atom. The third kappa shape index (κ3) is 2.77. The Morgan fingerprint density at radius 2 is 1.96 bits per heavy atom. The van der Waals surface area contributed by atoms with Crippen LogP contribution in [0.3, 0.4) is 0 Å². The number of hydrogen-bond donors (Lipinski definition) is 1. The van der Waals surface area contributed by atoms with Gasteiger partial charge in [0.1, 0.15) is 28.9 Å². The molecule has 1 aromatic carbocycles. The molecule has 0 aliphatic heterocycles. The Balaban J connectivity index is 2.29. The van der Waals surface area contributed by atoms with Crippen LogP contribution in [0.15, 0.2) is 41.1 Å². The zero-order chi connectivity index (χ0) is 17.1. The minimum atomic E-state index is 0.195. The highest BCUT2D eigenvalue weighted by Crippen LogP contribution is 2.38. The molecule has 0 saturated carbocycles. The molecule has 0 saturated heterocycles. The minimum Gasteiger partial charge on any atom is -0.497 e. The summed E-state index contributed by atoms with van der Waals surface area (Å²) in [6.45, 7) is 0.